The third-order valence-electron chi connectivity index (χ3n) is 2.04. The number of thiazole rings is 1. The number of sulfonamides is 1. The normalized spacial score (nSPS) is 11.7. The van der Waals surface area contributed by atoms with Crippen LogP contribution in [0.25, 0.3) is 0 Å². The molecule has 0 saturated carbocycles. The lowest BCUT2D eigenvalue weighted by Gasteiger charge is -2.02. The molecule has 0 fully saturated rings. The highest BCUT2D eigenvalue weighted by Crippen LogP contribution is 2.28. The van der Waals surface area contributed by atoms with Gasteiger partial charge >= 0.3 is 0 Å². The minimum atomic E-state index is -3.72. The van der Waals surface area contributed by atoms with Crippen molar-refractivity contribution in [1.29, 1.82) is 0 Å². The van der Waals surface area contributed by atoms with Crippen molar-refractivity contribution >= 4 is 42.4 Å². The van der Waals surface area contributed by atoms with Gasteiger partial charge in [0, 0.05) is 17.1 Å². The van der Waals surface area contributed by atoms with Gasteiger partial charge in [0.2, 0.25) is 0 Å². The molecule has 2 aromatic heterocycles. The number of rotatable bonds is 4. The topological polar surface area (TPSA) is 98.2 Å². The van der Waals surface area contributed by atoms with Gasteiger partial charge in [-0.1, -0.05) is 0 Å². The van der Waals surface area contributed by atoms with Crippen molar-refractivity contribution in [2.24, 2.45) is 5.73 Å². The van der Waals surface area contributed by atoms with E-state index >= 15 is 0 Å². The molecule has 6 nitrogen and oxygen atoms in total. The molecule has 0 saturated heterocycles. The van der Waals surface area contributed by atoms with E-state index in [1.165, 1.54) is 17.4 Å². The number of nitrogens with one attached hydrogen (secondary N) is 1. The smallest absolute Gasteiger partial charge is 0.268 e. The summed E-state index contributed by atoms with van der Waals surface area (Å²) in [5.41, 5.74) is 5.39. The molecule has 2 rings (SSSR count). The molecule has 0 amide bonds. The molecule has 0 aromatic carbocycles. The van der Waals surface area contributed by atoms with E-state index in [0.29, 0.717) is 10.9 Å². The van der Waals surface area contributed by atoms with Crippen LogP contribution in [0.1, 0.15) is 10.6 Å². The van der Waals surface area contributed by atoms with Crippen molar-refractivity contribution in [2.75, 3.05) is 4.72 Å². The lowest BCUT2D eigenvalue weighted by atomic mass is 10.5. The SMILES string of the molecule is Cc1cnc(NS(=O)(=O)c2cc(CN)oc2Br)s1. The Hall–Kier alpha value is -0.900. The largest absolute Gasteiger partial charge is 0.452 e. The molecule has 0 aliphatic heterocycles. The van der Waals surface area contributed by atoms with Gasteiger partial charge in [-0.25, -0.2) is 13.4 Å². The summed E-state index contributed by atoms with van der Waals surface area (Å²) in [6, 6.07) is 1.38. The molecule has 18 heavy (non-hydrogen) atoms. The van der Waals surface area contributed by atoms with Crippen LogP contribution < -0.4 is 10.5 Å². The molecule has 2 heterocycles. The minimum absolute atomic E-state index is 0.0100. The van der Waals surface area contributed by atoms with Gasteiger partial charge in [0.15, 0.2) is 9.80 Å². The zero-order valence-corrected chi connectivity index (χ0v) is 12.5. The fourth-order valence-electron chi connectivity index (χ4n) is 1.25. The van der Waals surface area contributed by atoms with Gasteiger partial charge < -0.3 is 10.2 Å². The first kappa shape index (κ1) is 13.5. The molecule has 9 heteroatoms. The predicted octanol–water partition coefficient (Wildman–Crippen LogP) is 2.07. The van der Waals surface area contributed by atoms with E-state index in [1.54, 1.807) is 6.20 Å². The maximum Gasteiger partial charge on any atom is 0.268 e. The molecule has 98 valence electrons. The summed E-state index contributed by atoms with van der Waals surface area (Å²) >= 11 is 4.31. The zero-order chi connectivity index (χ0) is 13.3. The summed E-state index contributed by atoms with van der Waals surface area (Å²) in [7, 11) is -3.72. The molecular weight excluding hydrogens is 342 g/mol. The Labute approximate surface area is 116 Å². The second-order valence-electron chi connectivity index (χ2n) is 3.44. The lowest BCUT2D eigenvalue weighted by Crippen LogP contribution is -2.12. The molecule has 0 spiro atoms. The Morgan fingerprint density at radius 2 is 2.33 bits per heavy atom. The summed E-state index contributed by atoms with van der Waals surface area (Å²) in [5.74, 6) is 0.387. The molecule has 2 aromatic rings. The summed E-state index contributed by atoms with van der Waals surface area (Å²) in [4.78, 5) is 4.87. The van der Waals surface area contributed by atoms with E-state index in [9.17, 15) is 8.42 Å². The molecule has 3 N–H and O–H groups in total. The third-order valence-corrected chi connectivity index (χ3v) is 5.19. The number of hydrogen-bond donors (Lipinski definition) is 2. The van der Waals surface area contributed by atoms with Crippen molar-refractivity contribution in [1.82, 2.24) is 4.98 Å². The van der Waals surface area contributed by atoms with E-state index in [4.69, 9.17) is 10.2 Å². The number of anilines is 1. The van der Waals surface area contributed by atoms with E-state index in [1.807, 2.05) is 6.92 Å². The Morgan fingerprint density at radius 1 is 1.61 bits per heavy atom. The highest BCUT2D eigenvalue weighted by atomic mass is 79.9. The highest BCUT2D eigenvalue weighted by molar-refractivity contribution is 9.10. The molecule has 0 atom stereocenters. The van der Waals surface area contributed by atoms with Crippen LogP contribution in [-0.4, -0.2) is 13.4 Å². The first-order valence-corrected chi connectivity index (χ1v) is 7.95. The standard InChI is InChI=1S/C9H10BrN3O3S2/c1-5-4-12-9(17-5)13-18(14,15)7-2-6(3-11)16-8(7)10/h2,4H,3,11H2,1H3,(H,12,13). The molecule has 0 unspecified atom stereocenters. The first-order chi connectivity index (χ1) is 8.42. The Kier molecular flexibility index (Phi) is 3.76. The van der Waals surface area contributed by atoms with Crippen LogP contribution in [-0.2, 0) is 16.6 Å². The summed E-state index contributed by atoms with van der Waals surface area (Å²) in [6.45, 7) is 1.97. The van der Waals surface area contributed by atoms with Gasteiger partial charge in [0.1, 0.15) is 10.7 Å². The predicted molar refractivity (Wildman–Crippen MR) is 72.0 cm³/mol. The van der Waals surface area contributed by atoms with Gasteiger partial charge in [-0.3, -0.25) is 4.72 Å². The van der Waals surface area contributed by atoms with Crippen LogP contribution in [0.5, 0.6) is 0 Å². The number of furan rings is 1. The fraction of sp³-hybridized carbons (Fsp3) is 0.222. The zero-order valence-electron chi connectivity index (χ0n) is 9.31. The van der Waals surface area contributed by atoms with Crippen LogP contribution in [0.2, 0.25) is 0 Å². The Morgan fingerprint density at radius 3 is 2.83 bits per heavy atom. The number of halogens is 1. The van der Waals surface area contributed by atoms with E-state index in [-0.39, 0.29) is 16.1 Å². The number of hydrogen-bond acceptors (Lipinski definition) is 6. The number of nitrogens with zero attached hydrogens (tertiary/aromatic N) is 1. The van der Waals surface area contributed by atoms with E-state index < -0.39 is 10.0 Å². The Balaban J connectivity index is 2.33. The van der Waals surface area contributed by atoms with E-state index in [2.05, 4.69) is 25.6 Å². The van der Waals surface area contributed by atoms with Crippen molar-refractivity contribution in [3.63, 3.8) is 0 Å². The summed E-state index contributed by atoms with van der Waals surface area (Å²) < 4.78 is 31.8. The molecule has 0 radical (unpaired) electrons. The van der Waals surface area contributed by atoms with Crippen molar-refractivity contribution in [3.8, 4) is 0 Å². The first-order valence-electron chi connectivity index (χ1n) is 4.86. The second-order valence-corrected chi connectivity index (χ2v) is 7.04. The third kappa shape index (κ3) is 2.74. The molecule has 0 aliphatic rings. The average Bonchev–Trinajstić information content (AvgIpc) is 2.84. The average molecular weight is 352 g/mol. The fourth-order valence-corrected chi connectivity index (χ4v) is 4.16. The van der Waals surface area contributed by atoms with Gasteiger partial charge in [-0.05, 0) is 22.9 Å². The van der Waals surface area contributed by atoms with Crippen LogP contribution in [0, 0.1) is 6.92 Å². The molecule has 0 aliphatic carbocycles. The lowest BCUT2D eigenvalue weighted by molar-refractivity contribution is 0.484. The van der Waals surface area contributed by atoms with Crippen LogP contribution >= 0.6 is 27.3 Å². The van der Waals surface area contributed by atoms with Gasteiger partial charge in [0.05, 0.1) is 6.54 Å². The minimum Gasteiger partial charge on any atom is -0.452 e. The van der Waals surface area contributed by atoms with E-state index in [0.717, 1.165) is 4.88 Å². The van der Waals surface area contributed by atoms with Gasteiger partial charge in [-0.15, -0.1) is 11.3 Å². The molecular formula is C9H10BrN3O3S2. The van der Waals surface area contributed by atoms with Gasteiger partial charge in [-0.2, -0.15) is 0 Å². The quantitative estimate of drug-likeness (QED) is 0.878. The van der Waals surface area contributed by atoms with Crippen molar-refractivity contribution in [3.05, 3.63) is 27.6 Å². The number of aryl methyl sites for hydroxylation is 1. The van der Waals surface area contributed by atoms with Crippen molar-refractivity contribution < 1.29 is 12.8 Å². The van der Waals surface area contributed by atoms with Crippen LogP contribution in [0.3, 0.4) is 0 Å². The highest BCUT2D eigenvalue weighted by Gasteiger charge is 2.23. The Bertz CT molecular complexity index is 662. The number of aromatic nitrogens is 1. The maximum atomic E-state index is 12.1. The number of nitrogens with two attached hydrogens (primary N) is 1. The summed E-state index contributed by atoms with van der Waals surface area (Å²) in [5, 5.41) is 0.315. The summed E-state index contributed by atoms with van der Waals surface area (Å²) in [6.07, 6.45) is 1.60. The monoisotopic (exact) mass is 351 g/mol. The molecule has 0 bridgehead atoms. The maximum absolute atomic E-state index is 12.1. The van der Waals surface area contributed by atoms with Crippen LogP contribution in [0.15, 0.2) is 26.2 Å². The van der Waals surface area contributed by atoms with Crippen LogP contribution in [0.4, 0.5) is 5.13 Å². The second kappa shape index (κ2) is 5.00. The van der Waals surface area contributed by atoms with Gasteiger partial charge in [0.25, 0.3) is 10.0 Å². The van der Waals surface area contributed by atoms with Crippen molar-refractivity contribution in [2.45, 2.75) is 18.4 Å².